The van der Waals surface area contributed by atoms with Gasteiger partial charge in [-0.3, -0.25) is 14.5 Å². The number of nitrogens with one attached hydrogen (secondary N) is 2. The normalized spacial score (nSPS) is 16.5. The lowest BCUT2D eigenvalue weighted by Gasteiger charge is -2.32. The van der Waals surface area contributed by atoms with E-state index < -0.39 is 0 Å². The summed E-state index contributed by atoms with van der Waals surface area (Å²) in [6, 6.07) is 6.78. The van der Waals surface area contributed by atoms with E-state index in [-0.39, 0.29) is 17.4 Å². The van der Waals surface area contributed by atoms with Crippen molar-refractivity contribution in [3.8, 4) is 0 Å². The van der Waals surface area contributed by atoms with Gasteiger partial charge in [-0.1, -0.05) is 0 Å². The van der Waals surface area contributed by atoms with Crippen molar-refractivity contribution < 1.29 is 9.59 Å². The van der Waals surface area contributed by atoms with Gasteiger partial charge in [0.25, 0.3) is 11.8 Å². The zero-order valence-corrected chi connectivity index (χ0v) is 15.8. The number of amides is 2. The van der Waals surface area contributed by atoms with Crippen LogP contribution in [0.1, 0.15) is 41.5 Å². The van der Waals surface area contributed by atoms with Gasteiger partial charge in [-0.2, -0.15) is 0 Å². The molecule has 0 radical (unpaired) electrons. The summed E-state index contributed by atoms with van der Waals surface area (Å²) in [5.74, 6) is -0.230. The number of benzene rings is 1. The molecule has 2 rings (SSSR count). The van der Waals surface area contributed by atoms with E-state index in [1.54, 1.807) is 24.3 Å². The molecule has 1 aliphatic rings. The van der Waals surface area contributed by atoms with Crippen LogP contribution in [0.4, 0.5) is 0 Å². The first kappa shape index (κ1) is 19.4. The van der Waals surface area contributed by atoms with Crippen molar-refractivity contribution in [1.29, 1.82) is 0 Å². The van der Waals surface area contributed by atoms with Crippen molar-refractivity contribution in [2.45, 2.75) is 26.3 Å². The molecule has 138 valence electrons. The molecular weight excluding hydrogens is 316 g/mol. The number of carbonyl (C=O) groups excluding carboxylic acids is 2. The van der Waals surface area contributed by atoms with E-state index in [0.29, 0.717) is 17.7 Å². The fourth-order valence-corrected chi connectivity index (χ4v) is 2.69. The van der Waals surface area contributed by atoms with Crippen LogP contribution in [0.5, 0.6) is 0 Å². The molecule has 0 aromatic heterocycles. The summed E-state index contributed by atoms with van der Waals surface area (Å²) in [6.45, 7) is 11.6. The monoisotopic (exact) mass is 346 g/mol. The van der Waals surface area contributed by atoms with E-state index >= 15 is 0 Å². The molecule has 25 heavy (non-hydrogen) atoms. The zero-order valence-electron chi connectivity index (χ0n) is 15.8. The van der Waals surface area contributed by atoms with Gasteiger partial charge in [0.15, 0.2) is 0 Å². The summed E-state index contributed by atoms with van der Waals surface area (Å²) in [6.07, 6.45) is 0. The maximum atomic E-state index is 12.2. The van der Waals surface area contributed by atoms with Gasteiger partial charge >= 0.3 is 0 Å². The summed E-state index contributed by atoms with van der Waals surface area (Å²) in [7, 11) is 2.13. The molecule has 1 saturated heterocycles. The number of hydrogen-bond donors (Lipinski definition) is 2. The zero-order chi connectivity index (χ0) is 18.4. The predicted molar refractivity (Wildman–Crippen MR) is 99.9 cm³/mol. The minimum absolute atomic E-state index is 0.100. The largest absolute Gasteiger partial charge is 0.351 e. The maximum absolute atomic E-state index is 12.2. The number of likely N-dealkylation sites (N-methyl/N-ethyl adjacent to an activating group) is 1. The first-order chi connectivity index (χ1) is 11.7. The minimum Gasteiger partial charge on any atom is -0.351 e. The second-order valence-electron chi connectivity index (χ2n) is 7.68. The third kappa shape index (κ3) is 6.48. The van der Waals surface area contributed by atoms with Crippen molar-refractivity contribution in [1.82, 2.24) is 20.4 Å². The number of piperazine rings is 1. The molecule has 1 aromatic rings. The van der Waals surface area contributed by atoms with Gasteiger partial charge < -0.3 is 15.5 Å². The van der Waals surface area contributed by atoms with Crippen LogP contribution < -0.4 is 10.6 Å². The standard InChI is InChI=1S/C19H30N4O2/c1-19(2,3)21-18(25)16-7-5-15(6-8-16)17(24)20-9-10-23-13-11-22(4)12-14-23/h5-8H,9-14H2,1-4H3,(H,20,24)(H,21,25). The Morgan fingerprint density at radius 3 is 2.00 bits per heavy atom. The van der Waals surface area contributed by atoms with Gasteiger partial charge in [0, 0.05) is 55.9 Å². The van der Waals surface area contributed by atoms with E-state index in [2.05, 4.69) is 27.5 Å². The van der Waals surface area contributed by atoms with Crippen molar-refractivity contribution in [3.63, 3.8) is 0 Å². The molecule has 0 atom stereocenters. The lowest BCUT2D eigenvalue weighted by atomic mass is 10.1. The minimum atomic E-state index is -0.281. The summed E-state index contributed by atoms with van der Waals surface area (Å²) >= 11 is 0. The van der Waals surface area contributed by atoms with Gasteiger partial charge in [0.1, 0.15) is 0 Å². The number of rotatable bonds is 5. The molecule has 1 aliphatic heterocycles. The van der Waals surface area contributed by atoms with Crippen molar-refractivity contribution in [3.05, 3.63) is 35.4 Å². The van der Waals surface area contributed by atoms with Crippen molar-refractivity contribution >= 4 is 11.8 Å². The van der Waals surface area contributed by atoms with Gasteiger partial charge in [0.2, 0.25) is 0 Å². The molecule has 1 aromatic carbocycles. The Bertz CT molecular complexity index is 584. The highest BCUT2D eigenvalue weighted by molar-refractivity contribution is 5.98. The Labute approximate surface area is 150 Å². The third-order valence-electron chi connectivity index (χ3n) is 4.21. The van der Waals surface area contributed by atoms with Gasteiger partial charge in [-0.25, -0.2) is 0 Å². The maximum Gasteiger partial charge on any atom is 0.251 e. The Morgan fingerprint density at radius 2 is 1.48 bits per heavy atom. The van der Waals surface area contributed by atoms with E-state index in [0.717, 1.165) is 32.7 Å². The Kier molecular flexibility index (Phi) is 6.56. The Hall–Kier alpha value is -1.92. The highest BCUT2D eigenvalue weighted by Crippen LogP contribution is 2.07. The number of nitrogens with zero attached hydrogens (tertiary/aromatic N) is 2. The second kappa shape index (κ2) is 8.45. The third-order valence-corrected chi connectivity index (χ3v) is 4.21. The van der Waals surface area contributed by atoms with Crippen LogP contribution >= 0.6 is 0 Å². The number of hydrogen-bond acceptors (Lipinski definition) is 4. The summed E-state index contributed by atoms with van der Waals surface area (Å²) in [5.41, 5.74) is 0.853. The van der Waals surface area contributed by atoms with E-state index in [1.807, 2.05) is 20.8 Å². The molecule has 0 saturated carbocycles. The molecule has 2 amide bonds. The lowest BCUT2D eigenvalue weighted by Crippen LogP contribution is -2.46. The van der Waals surface area contributed by atoms with Crippen LogP contribution in [-0.2, 0) is 0 Å². The van der Waals surface area contributed by atoms with E-state index in [4.69, 9.17) is 0 Å². The average Bonchev–Trinajstić information content (AvgIpc) is 2.55. The van der Waals surface area contributed by atoms with Crippen LogP contribution in [0.2, 0.25) is 0 Å². The molecule has 0 aliphatic carbocycles. The molecular formula is C19H30N4O2. The van der Waals surface area contributed by atoms with Crippen LogP contribution in [0.15, 0.2) is 24.3 Å². The van der Waals surface area contributed by atoms with Crippen LogP contribution in [-0.4, -0.2) is 73.5 Å². The summed E-state index contributed by atoms with van der Waals surface area (Å²) in [5, 5.41) is 5.86. The molecule has 1 fully saturated rings. The Balaban J connectivity index is 1.79. The van der Waals surface area contributed by atoms with Crippen molar-refractivity contribution in [2.24, 2.45) is 0 Å². The highest BCUT2D eigenvalue weighted by atomic mass is 16.2. The fourth-order valence-electron chi connectivity index (χ4n) is 2.69. The van der Waals surface area contributed by atoms with Crippen LogP contribution in [0.25, 0.3) is 0 Å². The van der Waals surface area contributed by atoms with Gasteiger partial charge in [-0.05, 0) is 52.1 Å². The smallest absolute Gasteiger partial charge is 0.251 e. The molecule has 2 N–H and O–H groups in total. The van der Waals surface area contributed by atoms with Crippen molar-refractivity contribution in [2.75, 3.05) is 46.3 Å². The number of carbonyl (C=O) groups is 2. The SMILES string of the molecule is CN1CCN(CCNC(=O)c2ccc(C(=O)NC(C)(C)C)cc2)CC1. The highest BCUT2D eigenvalue weighted by Gasteiger charge is 2.16. The Morgan fingerprint density at radius 1 is 0.960 bits per heavy atom. The first-order valence-corrected chi connectivity index (χ1v) is 8.86. The molecule has 0 bridgehead atoms. The topological polar surface area (TPSA) is 64.7 Å². The molecule has 6 nitrogen and oxygen atoms in total. The van der Waals surface area contributed by atoms with E-state index in [9.17, 15) is 9.59 Å². The molecule has 0 unspecified atom stereocenters. The van der Waals surface area contributed by atoms with Crippen LogP contribution in [0.3, 0.4) is 0 Å². The first-order valence-electron chi connectivity index (χ1n) is 8.86. The molecule has 6 heteroatoms. The second-order valence-corrected chi connectivity index (χ2v) is 7.68. The average molecular weight is 346 g/mol. The molecule has 0 spiro atoms. The summed E-state index contributed by atoms with van der Waals surface area (Å²) < 4.78 is 0. The summed E-state index contributed by atoms with van der Waals surface area (Å²) in [4.78, 5) is 29.0. The molecule has 1 heterocycles. The fraction of sp³-hybridized carbons (Fsp3) is 0.579. The van der Waals surface area contributed by atoms with Crippen LogP contribution in [0, 0.1) is 0 Å². The van der Waals surface area contributed by atoms with E-state index in [1.165, 1.54) is 0 Å². The van der Waals surface area contributed by atoms with Gasteiger partial charge in [0.05, 0.1) is 0 Å². The van der Waals surface area contributed by atoms with Gasteiger partial charge in [-0.15, -0.1) is 0 Å². The predicted octanol–water partition coefficient (Wildman–Crippen LogP) is 1.19. The lowest BCUT2D eigenvalue weighted by molar-refractivity contribution is 0.0914. The quantitative estimate of drug-likeness (QED) is 0.841.